The number of alkyl halides is 3. The summed E-state index contributed by atoms with van der Waals surface area (Å²) in [6, 6.07) is 15.2. The van der Waals surface area contributed by atoms with Gasteiger partial charge < -0.3 is 24.1 Å². The van der Waals surface area contributed by atoms with Crippen molar-refractivity contribution in [1.82, 2.24) is 29.1 Å². The van der Waals surface area contributed by atoms with Crippen molar-refractivity contribution in [2.45, 2.75) is 5.51 Å². The molecule has 0 fully saturated rings. The van der Waals surface area contributed by atoms with Crippen molar-refractivity contribution in [2.75, 3.05) is 48.4 Å². The number of hydrogen-bond acceptors (Lipinski definition) is 13. The van der Waals surface area contributed by atoms with Crippen molar-refractivity contribution < 1.29 is 72.8 Å². The summed E-state index contributed by atoms with van der Waals surface area (Å²) in [5.41, 5.74) is 0.534. The van der Waals surface area contributed by atoms with Crippen molar-refractivity contribution in [2.24, 2.45) is 0 Å². The molecule has 259 valence electrons. The van der Waals surface area contributed by atoms with Gasteiger partial charge in [0.25, 0.3) is 0 Å². The largest absolute Gasteiger partial charge is 3.00 e. The van der Waals surface area contributed by atoms with Gasteiger partial charge in [-0.05, 0) is 48.9 Å². The van der Waals surface area contributed by atoms with Crippen LogP contribution in [0.3, 0.4) is 0 Å². The summed E-state index contributed by atoms with van der Waals surface area (Å²) in [4.78, 5) is 0. The maximum Gasteiger partial charge on any atom is 3.00 e. The smallest absolute Gasteiger partial charge is 0.741 e. The van der Waals surface area contributed by atoms with Crippen molar-refractivity contribution in [3.63, 3.8) is 0 Å². The number of rotatable bonds is 9. The molecule has 24 heteroatoms. The predicted octanol–water partition coefficient (Wildman–Crippen LogP) is 3.03. The Morgan fingerprint density at radius 1 is 0.696 bits per heavy atom. The van der Waals surface area contributed by atoms with E-state index in [9.17, 15) is 13.2 Å². The Hall–Kier alpha value is -2.34. The average molecular weight is 806 g/mol. The number of benzene rings is 1. The Labute approximate surface area is 280 Å². The van der Waals surface area contributed by atoms with Crippen LogP contribution in [-0.4, -0.2) is 97.3 Å². The molecule has 0 saturated carbocycles. The molecule has 0 unspecified atom stereocenters. The fraction of sp³-hybridized carbons (Fsp3) is 0.318. The molecule has 0 saturated heterocycles. The van der Waals surface area contributed by atoms with E-state index >= 15 is 0 Å². The molecule has 4 rings (SSSR count). The zero-order valence-electron chi connectivity index (χ0n) is 25.6. The van der Waals surface area contributed by atoms with Gasteiger partial charge in [-0.25, -0.2) is 23.7 Å². The molecule has 1 aromatic carbocycles. The fourth-order valence-corrected chi connectivity index (χ4v) is 3.80. The molecule has 46 heavy (non-hydrogen) atoms. The van der Waals surface area contributed by atoms with Gasteiger partial charge in [0.05, 0.1) is 42.7 Å². The molecule has 0 spiro atoms. The molecule has 3 aromatic heterocycles. The molecule has 0 atom stereocenters. The van der Waals surface area contributed by atoms with Gasteiger partial charge in [-0.15, -0.1) is 0 Å². The molecule has 4 aromatic rings. The Morgan fingerprint density at radius 3 is 1.11 bits per heavy atom. The summed E-state index contributed by atoms with van der Waals surface area (Å²) in [5, 5.41) is 12.8. The SMILES string of the molecule is CO[PH+](OC)OC.CO[PH+](OC)OC.Nc1ccccc1.O=S(=O)([O-])C(F)(F)F.[Ru+3].c1cnn([BH-](n2cccn2)n2cccn2)c1. The van der Waals surface area contributed by atoms with Crippen molar-refractivity contribution in [1.29, 1.82) is 0 Å². The van der Waals surface area contributed by atoms with E-state index in [1.54, 1.807) is 61.2 Å². The summed E-state index contributed by atoms with van der Waals surface area (Å²) >= 11 is 0. The fourth-order valence-electron chi connectivity index (χ4n) is 2.80. The number of hydrogen-bond donors (Lipinski definition) is 1. The quantitative estimate of drug-likeness (QED) is 0.0855. The molecule has 0 aliphatic rings. The van der Waals surface area contributed by atoms with E-state index in [1.165, 1.54) is 0 Å². The van der Waals surface area contributed by atoms with Crippen LogP contribution in [0.25, 0.3) is 0 Å². The van der Waals surface area contributed by atoms with Crippen LogP contribution in [0.5, 0.6) is 0 Å². The molecule has 0 amide bonds. The number of aromatic nitrogens is 6. The second-order valence-corrected chi connectivity index (χ2v) is 12.4. The van der Waals surface area contributed by atoms with Gasteiger partial charge in [0.2, 0.25) is 0 Å². The van der Waals surface area contributed by atoms with Gasteiger partial charge in [0.1, 0.15) is 0 Å². The van der Waals surface area contributed by atoms with Crippen molar-refractivity contribution >= 4 is 40.1 Å². The number of para-hydroxylation sites is 1. The molecule has 2 N–H and O–H groups in total. The number of anilines is 1. The minimum absolute atomic E-state index is 0. The Morgan fingerprint density at radius 2 is 0.978 bits per heavy atom. The molecular weight excluding hydrogens is 769 g/mol. The van der Waals surface area contributed by atoms with Crippen LogP contribution in [0.15, 0.2) is 85.7 Å². The summed E-state index contributed by atoms with van der Waals surface area (Å²) in [6.45, 7) is 0. The zero-order chi connectivity index (χ0) is 34.3. The summed E-state index contributed by atoms with van der Waals surface area (Å²) in [6.07, 6.45) is 11.0. The first-order valence-corrected chi connectivity index (χ1v) is 16.1. The van der Waals surface area contributed by atoms with E-state index in [0.29, 0.717) is 0 Å². The van der Waals surface area contributed by atoms with Crippen molar-refractivity contribution in [3.05, 3.63) is 85.7 Å². The molecule has 0 bridgehead atoms. The van der Waals surface area contributed by atoms with Crippen LogP contribution in [-0.2, 0) is 56.7 Å². The van der Waals surface area contributed by atoms with Crippen LogP contribution >= 0.6 is 17.2 Å². The monoisotopic (exact) mass is 807 g/mol. The molecule has 1 radical (unpaired) electrons. The van der Waals surface area contributed by atoms with E-state index in [2.05, 4.69) is 15.3 Å². The second kappa shape index (κ2) is 25.7. The van der Waals surface area contributed by atoms with E-state index in [4.69, 9.17) is 45.8 Å². The third-order valence-corrected chi connectivity index (χ3v) is 7.20. The van der Waals surface area contributed by atoms with Crippen LogP contribution in [0, 0.1) is 0 Å². The summed E-state index contributed by atoms with van der Waals surface area (Å²) in [7, 11) is -0.600. The van der Waals surface area contributed by atoms with Crippen LogP contribution < -0.4 is 5.73 Å². The Kier molecular flexibility index (Phi) is 25.6. The van der Waals surface area contributed by atoms with Gasteiger partial charge in [-0.1, -0.05) is 18.2 Å². The first-order chi connectivity index (χ1) is 21.3. The summed E-state index contributed by atoms with van der Waals surface area (Å²) < 4.78 is 92.8. The number of nitrogens with zero attached hydrogens (tertiary/aromatic N) is 6. The van der Waals surface area contributed by atoms with Crippen LogP contribution in [0.1, 0.15) is 0 Å². The molecular formula is C22H37BF3N7O9P2RuS+3. The third-order valence-electron chi connectivity index (χ3n) is 4.63. The topological polar surface area (TPSA) is 192 Å². The van der Waals surface area contributed by atoms with Crippen LogP contribution in [0.2, 0.25) is 0 Å². The Bertz CT molecular complexity index is 1230. The molecule has 0 aliphatic carbocycles. The molecule has 3 heterocycles. The molecule has 16 nitrogen and oxygen atoms in total. The summed E-state index contributed by atoms with van der Waals surface area (Å²) in [5.74, 6) is 0. The van der Waals surface area contributed by atoms with E-state index in [0.717, 1.165) is 5.69 Å². The second-order valence-electron chi connectivity index (χ2n) is 7.60. The number of nitrogens with two attached hydrogens (primary N) is 1. The predicted molar refractivity (Wildman–Crippen MR) is 165 cm³/mol. The molecule has 0 aliphatic heterocycles. The first-order valence-electron chi connectivity index (χ1n) is 12.2. The van der Waals surface area contributed by atoms with Crippen LogP contribution in [0.4, 0.5) is 18.9 Å². The third kappa shape index (κ3) is 19.3. The van der Waals surface area contributed by atoms with E-state index < -0.39 is 39.9 Å². The normalized spacial score (nSPS) is 10.7. The minimum Gasteiger partial charge on any atom is -0.741 e. The maximum absolute atomic E-state index is 10.7. The first kappa shape index (κ1) is 45.8. The van der Waals surface area contributed by atoms with Gasteiger partial charge in [0, 0.05) is 24.3 Å². The van der Waals surface area contributed by atoms with Gasteiger partial charge in [-0.2, -0.15) is 40.3 Å². The number of halogens is 3. The van der Waals surface area contributed by atoms with Gasteiger partial charge >= 0.3 is 49.3 Å². The van der Waals surface area contributed by atoms with E-state index in [1.807, 2.05) is 80.9 Å². The Balaban J connectivity index is 0. The maximum atomic E-state index is 10.7. The average Bonchev–Trinajstić information content (AvgIpc) is 3.82. The van der Waals surface area contributed by atoms with Gasteiger partial charge in [-0.3, -0.25) is 0 Å². The van der Waals surface area contributed by atoms with E-state index in [-0.39, 0.29) is 19.5 Å². The minimum atomic E-state index is -6.09. The number of nitrogen functional groups attached to an aromatic ring is 1. The standard InChI is InChI=1S/C9H10BN6.C6H7N.2C3H10O3P.CHF3O3S.Ru/c1-4-11-14(7-1)10(15-8-2-5-12-15)16-9-3-6-13-16;7-6-4-2-1-3-5-6;2*1-4-7(5-2)6-3;2-1(3,4)8(5,6)7;/h1-10H;1-5H,7H2;2*7H,1-3H3;(H,5,6,7);/q-1;;2*+1;;+3/p-1. The zero-order valence-corrected chi connectivity index (χ0v) is 30.2. The van der Waals surface area contributed by atoms with Gasteiger partial charge in [0.15, 0.2) is 10.1 Å². The van der Waals surface area contributed by atoms with Crippen molar-refractivity contribution in [3.8, 4) is 0 Å².